The molecule has 94 valence electrons. The van der Waals surface area contributed by atoms with Gasteiger partial charge in [0.05, 0.1) is 12.2 Å². The SMILES string of the molecule is O=C(OC1CCC2(CC1)CO2)N1CC2CC2C1. The highest BCUT2D eigenvalue weighted by molar-refractivity contribution is 5.68. The van der Waals surface area contributed by atoms with Crippen LogP contribution < -0.4 is 0 Å². The first-order valence-corrected chi connectivity index (χ1v) is 6.84. The highest BCUT2D eigenvalue weighted by Crippen LogP contribution is 2.45. The molecule has 17 heavy (non-hydrogen) atoms. The Kier molecular flexibility index (Phi) is 2.02. The van der Waals surface area contributed by atoms with Crippen molar-refractivity contribution in [3.63, 3.8) is 0 Å². The molecule has 1 spiro atoms. The van der Waals surface area contributed by atoms with Gasteiger partial charge in [-0.25, -0.2) is 4.79 Å². The van der Waals surface area contributed by atoms with Gasteiger partial charge >= 0.3 is 6.09 Å². The fourth-order valence-corrected chi connectivity index (χ4v) is 3.39. The molecule has 2 unspecified atom stereocenters. The number of piperidine rings is 1. The molecule has 2 saturated carbocycles. The Bertz CT molecular complexity index is 333. The molecule has 4 fully saturated rings. The predicted molar refractivity (Wildman–Crippen MR) is 60.6 cm³/mol. The van der Waals surface area contributed by atoms with Crippen molar-refractivity contribution in [1.82, 2.24) is 4.90 Å². The second-order valence-corrected chi connectivity index (χ2v) is 6.22. The van der Waals surface area contributed by atoms with E-state index in [2.05, 4.69) is 0 Å². The summed E-state index contributed by atoms with van der Waals surface area (Å²) in [5.41, 5.74) is 0.193. The Balaban J connectivity index is 1.27. The van der Waals surface area contributed by atoms with Crippen LogP contribution in [-0.4, -0.2) is 42.4 Å². The van der Waals surface area contributed by atoms with Crippen LogP contribution in [0.15, 0.2) is 0 Å². The van der Waals surface area contributed by atoms with Crippen LogP contribution in [0.1, 0.15) is 32.1 Å². The van der Waals surface area contributed by atoms with Crippen molar-refractivity contribution >= 4 is 6.09 Å². The van der Waals surface area contributed by atoms with Crippen LogP contribution in [0.25, 0.3) is 0 Å². The van der Waals surface area contributed by atoms with Crippen molar-refractivity contribution in [3.8, 4) is 0 Å². The standard InChI is InChI=1S/C13H19NO3/c15-12(14-6-9-5-10(9)7-14)17-11-1-3-13(4-2-11)8-16-13/h9-11H,1-8H2. The third kappa shape index (κ3) is 1.82. The lowest BCUT2D eigenvalue weighted by molar-refractivity contribution is 0.0347. The number of carbonyl (C=O) groups is 1. The molecule has 4 rings (SSSR count). The van der Waals surface area contributed by atoms with Gasteiger partial charge in [-0.05, 0) is 43.9 Å². The summed E-state index contributed by atoms with van der Waals surface area (Å²) < 4.78 is 11.1. The summed E-state index contributed by atoms with van der Waals surface area (Å²) in [4.78, 5) is 13.8. The number of carbonyl (C=O) groups excluding carboxylic acids is 1. The number of ether oxygens (including phenoxy) is 2. The second-order valence-electron chi connectivity index (χ2n) is 6.22. The van der Waals surface area contributed by atoms with Crippen LogP contribution in [0.4, 0.5) is 4.79 Å². The minimum Gasteiger partial charge on any atom is -0.446 e. The maximum Gasteiger partial charge on any atom is 0.410 e. The molecule has 2 heterocycles. The van der Waals surface area contributed by atoms with E-state index in [-0.39, 0.29) is 17.8 Å². The van der Waals surface area contributed by atoms with Crippen molar-refractivity contribution in [2.45, 2.75) is 43.8 Å². The molecular formula is C13H19NO3. The largest absolute Gasteiger partial charge is 0.446 e. The van der Waals surface area contributed by atoms with Crippen LogP contribution in [0, 0.1) is 11.8 Å². The summed E-state index contributed by atoms with van der Waals surface area (Å²) in [5.74, 6) is 1.58. The maximum absolute atomic E-state index is 11.9. The second kappa shape index (κ2) is 3.37. The molecule has 1 amide bonds. The van der Waals surface area contributed by atoms with Crippen LogP contribution in [0.2, 0.25) is 0 Å². The molecule has 4 heteroatoms. The lowest BCUT2D eigenvalue weighted by atomic mass is 9.88. The fraction of sp³-hybridized carbons (Fsp3) is 0.923. The van der Waals surface area contributed by atoms with Gasteiger partial charge in [0.2, 0.25) is 0 Å². The third-order valence-electron chi connectivity index (χ3n) is 4.90. The lowest BCUT2D eigenvalue weighted by Gasteiger charge is -2.28. The van der Waals surface area contributed by atoms with E-state index < -0.39 is 0 Å². The summed E-state index contributed by atoms with van der Waals surface area (Å²) in [5, 5.41) is 0. The van der Waals surface area contributed by atoms with Crippen LogP contribution in [-0.2, 0) is 9.47 Å². The molecule has 0 aromatic heterocycles. The summed E-state index contributed by atoms with van der Waals surface area (Å²) >= 11 is 0. The van der Waals surface area contributed by atoms with Crippen LogP contribution >= 0.6 is 0 Å². The predicted octanol–water partition coefficient (Wildman–Crippen LogP) is 1.79. The zero-order chi connectivity index (χ0) is 11.5. The number of hydrogen-bond acceptors (Lipinski definition) is 3. The lowest BCUT2D eigenvalue weighted by Crippen LogP contribution is -2.36. The molecule has 0 bridgehead atoms. The Morgan fingerprint density at radius 2 is 1.88 bits per heavy atom. The molecule has 0 N–H and O–H groups in total. The van der Waals surface area contributed by atoms with Crippen molar-refractivity contribution in [2.24, 2.45) is 11.8 Å². The Morgan fingerprint density at radius 3 is 2.47 bits per heavy atom. The zero-order valence-electron chi connectivity index (χ0n) is 10.1. The van der Waals surface area contributed by atoms with Crippen molar-refractivity contribution in [1.29, 1.82) is 0 Å². The number of hydrogen-bond donors (Lipinski definition) is 0. The summed E-state index contributed by atoms with van der Waals surface area (Å²) in [6, 6.07) is 0. The number of epoxide rings is 1. The van der Waals surface area contributed by atoms with Gasteiger partial charge in [0.15, 0.2) is 0 Å². The average molecular weight is 237 g/mol. The normalized spacial score (nSPS) is 46.8. The summed E-state index contributed by atoms with van der Waals surface area (Å²) in [6.07, 6.45) is 5.47. The van der Waals surface area contributed by atoms with E-state index in [9.17, 15) is 4.79 Å². The molecule has 0 radical (unpaired) electrons. The van der Waals surface area contributed by atoms with Crippen LogP contribution in [0.3, 0.4) is 0 Å². The molecule has 4 aliphatic rings. The van der Waals surface area contributed by atoms with Gasteiger partial charge in [-0.1, -0.05) is 0 Å². The van der Waals surface area contributed by atoms with Crippen LogP contribution in [0.5, 0.6) is 0 Å². The van der Waals surface area contributed by atoms with E-state index in [1.807, 2.05) is 4.90 Å². The number of likely N-dealkylation sites (tertiary alicyclic amines) is 1. The van der Waals surface area contributed by atoms with Gasteiger partial charge < -0.3 is 14.4 Å². The summed E-state index contributed by atoms with van der Waals surface area (Å²) in [7, 11) is 0. The number of rotatable bonds is 1. The van der Waals surface area contributed by atoms with Gasteiger partial charge in [-0.15, -0.1) is 0 Å². The van der Waals surface area contributed by atoms with E-state index in [1.165, 1.54) is 6.42 Å². The topological polar surface area (TPSA) is 42.1 Å². The van der Waals surface area contributed by atoms with E-state index >= 15 is 0 Å². The number of amides is 1. The third-order valence-corrected chi connectivity index (χ3v) is 4.90. The van der Waals surface area contributed by atoms with Gasteiger partial charge in [-0.2, -0.15) is 0 Å². The Morgan fingerprint density at radius 1 is 1.24 bits per heavy atom. The molecule has 4 nitrogen and oxygen atoms in total. The molecule has 2 saturated heterocycles. The van der Waals surface area contributed by atoms with Crippen molar-refractivity contribution in [3.05, 3.63) is 0 Å². The van der Waals surface area contributed by atoms with E-state index in [1.54, 1.807) is 0 Å². The van der Waals surface area contributed by atoms with Gasteiger partial charge in [-0.3, -0.25) is 0 Å². The minimum atomic E-state index is -0.0742. The first kappa shape index (κ1) is 10.2. The fourth-order valence-electron chi connectivity index (χ4n) is 3.39. The van der Waals surface area contributed by atoms with E-state index in [0.717, 1.165) is 57.2 Å². The van der Waals surface area contributed by atoms with E-state index in [0.29, 0.717) is 0 Å². The summed E-state index contributed by atoms with van der Waals surface area (Å²) in [6.45, 7) is 2.79. The average Bonchev–Trinajstić information content (AvgIpc) is 3.24. The molecular weight excluding hydrogens is 218 g/mol. The monoisotopic (exact) mass is 237 g/mol. The Labute approximate surface area is 101 Å². The smallest absolute Gasteiger partial charge is 0.410 e. The minimum absolute atomic E-state index is 0.0742. The van der Waals surface area contributed by atoms with Crippen molar-refractivity contribution in [2.75, 3.05) is 19.7 Å². The van der Waals surface area contributed by atoms with Gasteiger partial charge in [0, 0.05) is 13.1 Å². The highest BCUT2D eigenvalue weighted by Gasteiger charge is 2.49. The molecule has 2 aliphatic heterocycles. The van der Waals surface area contributed by atoms with Gasteiger partial charge in [0.1, 0.15) is 6.10 Å². The maximum atomic E-state index is 11.9. The molecule has 2 atom stereocenters. The molecule has 0 aromatic rings. The van der Waals surface area contributed by atoms with E-state index in [4.69, 9.17) is 9.47 Å². The first-order chi connectivity index (χ1) is 8.24. The van der Waals surface area contributed by atoms with Crippen molar-refractivity contribution < 1.29 is 14.3 Å². The molecule has 2 aliphatic carbocycles. The number of nitrogens with zero attached hydrogens (tertiary/aromatic N) is 1. The quantitative estimate of drug-likeness (QED) is 0.653. The zero-order valence-corrected chi connectivity index (χ0v) is 10.1. The Hall–Kier alpha value is -0.770. The van der Waals surface area contributed by atoms with Gasteiger partial charge in [0.25, 0.3) is 0 Å². The highest BCUT2D eigenvalue weighted by atomic mass is 16.6. The number of fused-ring (bicyclic) bond motifs is 1. The molecule has 0 aromatic carbocycles. The first-order valence-electron chi connectivity index (χ1n) is 6.84.